The molecule has 0 radical (unpaired) electrons. The van der Waals surface area contributed by atoms with Crippen LogP contribution in [0.5, 0.6) is 0 Å². The number of nitrogens with zero attached hydrogens (tertiary/aromatic N) is 1. The van der Waals surface area contributed by atoms with E-state index in [0.29, 0.717) is 6.54 Å². The van der Waals surface area contributed by atoms with E-state index >= 15 is 0 Å². The first-order chi connectivity index (χ1) is 8.49. The number of nitrogens with one attached hydrogen (secondary N) is 1. The third-order valence-electron chi connectivity index (χ3n) is 2.30. The molecule has 0 aliphatic carbocycles. The Morgan fingerprint density at radius 1 is 1.50 bits per heavy atom. The fourth-order valence-corrected chi connectivity index (χ4v) is 1.82. The molecule has 0 unspecified atom stereocenters. The minimum absolute atomic E-state index is 0.0637. The number of thiol groups is 1. The molecule has 7 heteroatoms. The molecule has 0 bridgehead atoms. The zero-order valence-electron chi connectivity index (χ0n) is 9.83. The van der Waals surface area contributed by atoms with Crippen LogP contribution >= 0.6 is 12.8 Å². The van der Waals surface area contributed by atoms with Gasteiger partial charge >= 0.3 is 122 Å². The second kappa shape index (κ2) is 7.11. The van der Waals surface area contributed by atoms with Crippen molar-refractivity contribution in [1.82, 2.24) is 5.32 Å². The van der Waals surface area contributed by atoms with Gasteiger partial charge in [0.1, 0.15) is 0 Å². The molecule has 0 aromatic heterocycles. The van der Waals surface area contributed by atoms with E-state index < -0.39 is 17.7 Å². The Morgan fingerprint density at radius 3 is 2.78 bits per heavy atom. The molecule has 0 saturated carbocycles. The Balaban J connectivity index is 2.81. The quantitative estimate of drug-likeness (QED) is 0.499. The van der Waals surface area contributed by atoms with Crippen molar-refractivity contribution in [3.05, 3.63) is 23.8 Å². The Kier molecular flexibility index (Phi) is 6.11. The summed E-state index contributed by atoms with van der Waals surface area (Å²) in [4.78, 5) is 11.6. The second-order valence-electron chi connectivity index (χ2n) is 3.65. The van der Waals surface area contributed by atoms with Gasteiger partial charge in [0.25, 0.3) is 0 Å². The van der Waals surface area contributed by atoms with Crippen LogP contribution < -0.4 is 13.5 Å². The molecular weight excluding hydrogens is 294 g/mol. The topological polar surface area (TPSA) is 32.3 Å². The Labute approximate surface area is 122 Å². The van der Waals surface area contributed by atoms with Crippen LogP contribution in [0.25, 0.3) is 0 Å². The minimum atomic E-state index is -0.782. The van der Waals surface area contributed by atoms with Crippen molar-refractivity contribution in [2.75, 3.05) is 10.8 Å². The van der Waals surface area contributed by atoms with E-state index in [9.17, 15) is 13.6 Å². The van der Waals surface area contributed by atoms with Gasteiger partial charge in [-0.3, -0.25) is 0 Å². The first kappa shape index (κ1) is 15.5. The summed E-state index contributed by atoms with van der Waals surface area (Å²) in [6.45, 7) is 2.49. The first-order valence-corrected chi connectivity index (χ1v) is 6.63. The molecular formula is C11H13F2N2OSTi. The van der Waals surface area contributed by atoms with Crippen LogP contribution in [0.3, 0.4) is 0 Å². The van der Waals surface area contributed by atoms with Crippen molar-refractivity contribution in [2.45, 2.75) is 19.8 Å². The van der Waals surface area contributed by atoms with E-state index in [1.807, 2.05) is 6.92 Å². The van der Waals surface area contributed by atoms with Gasteiger partial charge < -0.3 is 0 Å². The van der Waals surface area contributed by atoms with Crippen LogP contribution in [0, 0.1) is 11.6 Å². The summed E-state index contributed by atoms with van der Waals surface area (Å²) < 4.78 is 27.6. The van der Waals surface area contributed by atoms with Crippen LogP contribution in [0.1, 0.15) is 19.8 Å². The van der Waals surface area contributed by atoms with Gasteiger partial charge in [-0.25, -0.2) is 0 Å². The van der Waals surface area contributed by atoms with Crippen LogP contribution in [-0.4, -0.2) is 12.6 Å². The summed E-state index contributed by atoms with van der Waals surface area (Å²) >= 11 is 5.24. The number of urea groups is 1. The van der Waals surface area contributed by atoms with Crippen LogP contribution in [0.4, 0.5) is 19.3 Å². The van der Waals surface area contributed by atoms with Gasteiger partial charge in [-0.1, -0.05) is 0 Å². The standard InChI is InChI=1S/C11H13F2N2OS.Ti/c1-2-3-6-14-11(16)15(17)10-5-4-8(12)7-9(10)13;/h4-5,17H,2-3,6H2,1H3,(H,14,16);. The number of unbranched alkanes of at least 4 members (excludes halogenated alkanes) is 1. The van der Waals surface area contributed by atoms with Gasteiger partial charge in [-0.05, 0) is 0 Å². The van der Waals surface area contributed by atoms with E-state index in [2.05, 4.69) is 18.1 Å². The Morgan fingerprint density at radius 2 is 2.17 bits per heavy atom. The van der Waals surface area contributed by atoms with Gasteiger partial charge in [0.15, 0.2) is 0 Å². The number of anilines is 1. The van der Waals surface area contributed by atoms with E-state index in [-0.39, 0.29) is 9.56 Å². The van der Waals surface area contributed by atoms with Crippen LogP contribution in [-0.2, 0) is 20.4 Å². The Hall–Kier alpha value is -0.586. The van der Waals surface area contributed by atoms with Crippen LogP contribution in [0.2, 0.25) is 0 Å². The molecule has 0 aliphatic heterocycles. The molecule has 1 aromatic rings. The fourth-order valence-electron chi connectivity index (χ4n) is 1.26. The van der Waals surface area contributed by atoms with Gasteiger partial charge in [0, 0.05) is 0 Å². The number of carbonyl (C=O) groups is 1. The molecule has 3 nitrogen and oxygen atoms in total. The molecule has 0 aliphatic rings. The molecule has 0 fully saturated rings. The van der Waals surface area contributed by atoms with E-state index in [0.717, 1.165) is 23.2 Å². The van der Waals surface area contributed by atoms with Crippen molar-refractivity contribution in [2.24, 2.45) is 0 Å². The summed E-state index contributed by atoms with van der Waals surface area (Å²) in [7, 11) is 0. The van der Waals surface area contributed by atoms with Gasteiger partial charge in [-0.2, -0.15) is 0 Å². The molecule has 97 valence electrons. The number of benzene rings is 1. The van der Waals surface area contributed by atoms with Gasteiger partial charge in [-0.15, -0.1) is 0 Å². The predicted molar refractivity (Wildman–Crippen MR) is 65.8 cm³/mol. The van der Waals surface area contributed by atoms with E-state index in [1.54, 1.807) is 0 Å². The number of hydrogen-bond donors (Lipinski definition) is 2. The van der Waals surface area contributed by atoms with Gasteiger partial charge in [0.2, 0.25) is 0 Å². The predicted octanol–water partition coefficient (Wildman–Crippen LogP) is 2.30. The summed E-state index contributed by atoms with van der Waals surface area (Å²) in [5.41, 5.74) is -0.0637. The molecule has 1 rings (SSSR count). The number of hydrogen-bond acceptors (Lipinski definition) is 2. The molecule has 0 heterocycles. The normalized spacial score (nSPS) is 10.2. The molecule has 2 amide bonds. The van der Waals surface area contributed by atoms with E-state index in [4.69, 9.17) is 0 Å². The molecule has 1 N–H and O–H groups in total. The number of amides is 2. The first-order valence-electron chi connectivity index (χ1n) is 5.45. The third kappa shape index (κ3) is 3.70. The average Bonchev–Trinajstić information content (AvgIpc) is 2.35. The molecule has 0 saturated heterocycles. The molecule has 18 heavy (non-hydrogen) atoms. The molecule has 0 spiro atoms. The third-order valence-corrected chi connectivity index (χ3v) is 3.41. The number of rotatable bonds is 4. The Bertz CT molecular complexity index is 445. The maximum absolute atomic E-state index is 13.8. The van der Waals surface area contributed by atoms with Gasteiger partial charge in [0.05, 0.1) is 0 Å². The van der Waals surface area contributed by atoms with Crippen molar-refractivity contribution in [1.29, 1.82) is 0 Å². The average molecular weight is 307 g/mol. The van der Waals surface area contributed by atoms with Crippen molar-refractivity contribution >= 4 is 28.4 Å². The SMILES string of the molecule is CCCCNC(=O)N(S)c1ccc(F)[c]([Ti])c1F. The van der Waals surface area contributed by atoms with Crippen LogP contribution in [0.15, 0.2) is 12.1 Å². The maximum atomic E-state index is 13.8. The molecule has 1 aromatic carbocycles. The van der Waals surface area contributed by atoms with E-state index in [1.165, 1.54) is 26.5 Å². The second-order valence-corrected chi connectivity index (χ2v) is 4.83. The van der Waals surface area contributed by atoms with Crippen molar-refractivity contribution < 1.29 is 34.0 Å². The monoisotopic (exact) mass is 307 g/mol. The van der Waals surface area contributed by atoms with Crippen molar-refractivity contribution in [3.8, 4) is 0 Å². The fraction of sp³-hybridized carbons (Fsp3) is 0.364. The number of carbonyl (C=O) groups excluding carboxylic acids is 1. The zero-order chi connectivity index (χ0) is 13.7. The summed E-state index contributed by atoms with van der Waals surface area (Å²) in [5.74, 6) is -1.43. The zero-order valence-corrected chi connectivity index (χ0v) is 12.3. The summed E-state index contributed by atoms with van der Waals surface area (Å²) in [6.07, 6.45) is 1.77. The number of halogens is 2. The van der Waals surface area contributed by atoms with Crippen molar-refractivity contribution in [3.63, 3.8) is 0 Å². The molecule has 0 atom stereocenters. The summed E-state index contributed by atoms with van der Waals surface area (Å²) in [5, 5.41) is 2.59. The summed E-state index contributed by atoms with van der Waals surface area (Å²) in [6, 6.07) is 1.76.